The van der Waals surface area contributed by atoms with E-state index in [2.05, 4.69) is 5.10 Å². The molecule has 1 unspecified atom stereocenters. The normalized spacial score (nSPS) is 18.5. The Kier molecular flexibility index (Phi) is 10.5. The highest BCUT2D eigenvalue weighted by molar-refractivity contribution is 5.82. The number of ether oxygens (including phenoxy) is 1. The van der Waals surface area contributed by atoms with E-state index in [0.717, 1.165) is 50.5 Å². The lowest BCUT2D eigenvalue weighted by Crippen LogP contribution is -2.43. The number of amides is 2. The third kappa shape index (κ3) is 8.75. The van der Waals surface area contributed by atoms with Gasteiger partial charge in [-0.1, -0.05) is 56.0 Å². The third-order valence-corrected chi connectivity index (χ3v) is 6.88. The SMILES string of the molecule is CC(C)(C)OC(=O)CCCCCCCCC(=O)N1CCC(C(=O)N2N=CCC2c2ccccc2)CC1. The highest BCUT2D eigenvalue weighted by Crippen LogP contribution is 2.31. The van der Waals surface area contributed by atoms with Crippen LogP contribution >= 0.6 is 0 Å². The van der Waals surface area contributed by atoms with Crippen molar-refractivity contribution in [2.75, 3.05) is 13.1 Å². The van der Waals surface area contributed by atoms with E-state index in [1.54, 1.807) is 5.01 Å². The highest BCUT2D eigenvalue weighted by atomic mass is 16.6. The molecule has 0 radical (unpaired) electrons. The minimum Gasteiger partial charge on any atom is -0.460 e. The maximum Gasteiger partial charge on any atom is 0.306 e. The quantitative estimate of drug-likeness (QED) is 0.292. The second-order valence-electron chi connectivity index (χ2n) is 11.0. The number of piperidine rings is 1. The lowest BCUT2D eigenvalue weighted by atomic mass is 9.94. The molecule has 0 aliphatic carbocycles. The van der Waals surface area contributed by atoms with Crippen LogP contribution in [0.1, 0.15) is 103 Å². The van der Waals surface area contributed by atoms with E-state index < -0.39 is 5.60 Å². The van der Waals surface area contributed by atoms with Gasteiger partial charge in [0, 0.05) is 44.5 Å². The summed E-state index contributed by atoms with van der Waals surface area (Å²) < 4.78 is 5.33. The van der Waals surface area contributed by atoms with Gasteiger partial charge >= 0.3 is 5.97 Å². The number of likely N-dealkylation sites (tertiary alicyclic amines) is 1. The summed E-state index contributed by atoms with van der Waals surface area (Å²) in [5, 5.41) is 6.03. The molecule has 1 aromatic carbocycles. The molecule has 0 spiro atoms. The number of carbonyl (C=O) groups excluding carboxylic acids is 3. The van der Waals surface area contributed by atoms with E-state index in [-0.39, 0.29) is 29.7 Å². The van der Waals surface area contributed by atoms with Crippen molar-refractivity contribution in [3.63, 3.8) is 0 Å². The minimum atomic E-state index is -0.414. The molecule has 0 N–H and O–H groups in total. The number of hydrogen-bond donors (Lipinski definition) is 0. The van der Waals surface area contributed by atoms with Crippen molar-refractivity contribution in [1.82, 2.24) is 9.91 Å². The summed E-state index contributed by atoms with van der Waals surface area (Å²) in [6.07, 6.45) is 11.0. The zero-order valence-corrected chi connectivity index (χ0v) is 22.3. The van der Waals surface area contributed by atoms with E-state index >= 15 is 0 Å². The smallest absolute Gasteiger partial charge is 0.306 e. The summed E-state index contributed by atoms with van der Waals surface area (Å²) in [6.45, 7) is 6.96. The third-order valence-electron chi connectivity index (χ3n) is 6.88. The maximum atomic E-state index is 13.2. The van der Waals surface area contributed by atoms with E-state index in [1.165, 1.54) is 0 Å². The Hall–Kier alpha value is -2.70. The molecule has 2 amide bonds. The number of carbonyl (C=O) groups is 3. The Morgan fingerprint density at radius 1 is 0.917 bits per heavy atom. The monoisotopic (exact) mass is 497 g/mol. The first-order valence-electron chi connectivity index (χ1n) is 13.6. The van der Waals surface area contributed by atoms with E-state index in [0.29, 0.717) is 38.8 Å². The average molecular weight is 498 g/mol. The fourth-order valence-corrected chi connectivity index (χ4v) is 4.94. The first-order chi connectivity index (χ1) is 17.2. The van der Waals surface area contributed by atoms with Crippen LogP contribution < -0.4 is 0 Å². The molecule has 0 aromatic heterocycles. The van der Waals surface area contributed by atoms with Crippen molar-refractivity contribution in [3.05, 3.63) is 35.9 Å². The Balaban J connectivity index is 1.27. The van der Waals surface area contributed by atoms with Crippen molar-refractivity contribution in [2.24, 2.45) is 11.0 Å². The molecule has 3 rings (SSSR count). The maximum absolute atomic E-state index is 13.2. The van der Waals surface area contributed by atoms with Crippen LogP contribution in [0.25, 0.3) is 0 Å². The second-order valence-corrected chi connectivity index (χ2v) is 11.0. The summed E-state index contributed by atoms with van der Waals surface area (Å²) in [7, 11) is 0. The van der Waals surface area contributed by atoms with Crippen molar-refractivity contribution in [2.45, 2.75) is 103 Å². The molecule has 2 heterocycles. The Labute approximate surface area is 216 Å². The zero-order chi connectivity index (χ0) is 26.0. The number of benzene rings is 1. The van der Waals surface area contributed by atoms with Crippen LogP contribution in [0.4, 0.5) is 0 Å². The summed E-state index contributed by atoms with van der Waals surface area (Å²) in [4.78, 5) is 39.5. The molecule has 1 saturated heterocycles. The lowest BCUT2D eigenvalue weighted by Gasteiger charge is -2.34. The van der Waals surface area contributed by atoms with Gasteiger partial charge in [0.1, 0.15) is 5.60 Å². The predicted molar refractivity (Wildman–Crippen MR) is 141 cm³/mol. The fraction of sp³-hybridized carbons (Fsp3) is 0.655. The van der Waals surface area contributed by atoms with Gasteiger partial charge in [-0.25, -0.2) is 5.01 Å². The van der Waals surface area contributed by atoms with Gasteiger partial charge in [-0.3, -0.25) is 14.4 Å². The van der Waals surface area contributed by atoms with Crippen LogP contribution in [0.3, 0.4) is 0 Å². The minimum absolute atomic E-state index is 0.0179. The van der Waals surface area contributed by atoms with Gasteiger partial charge in [-0.15, -0.1) is 0 Å². The number of unbranched alkanes of at least 4 members (excludes halogenated alkanes) is 5. The average Bonchev–Trinajstić information content (AvgIpc) is 3.34. The van der Waals surface area contributed by atoms with Crippen LogP contribution in [0.5, 0.6) is 0 Å². The fourth-order valence-electron chi connectivity index (χ4n) is 4.94. The van der Waals surface area contributed by atoms with Crippen LogP contribution in [-0.2, 0) is 19.1 Å². The standard InChI is InChI=1S/C29H43N3O4/c1-29(2,3)36-27(34)16-12-7-5-4-6-11-15-26(33)31-21-18-24(19-22-31)28(35)32-25(17-20-30-32)23-13-9-8-10-14-23/h8-10,13-14,20,24-25H,4-7,11-12,15-19,21-22H2,1-3H3. The molecule has 198 valence electrons. The molecule has 7 nitrogen and oxygen atoms in total. The summed E-state index contributed by atoms with van der Waals surface area (Å²) in [6, 6.07) is 10.0. The first kappa shape index (κ1) is 27.9. The van der Waals surface area contributed by atoms with Gasteiger partial charge < -0.3 is 9.64 Å². The van der Waals surface area contributed by atoms with Gasteiger partial charge in [0.2, 0.25) is 11.8 Å². The number of hydrazone groups is 1. The van der Waals surface area contributed by atoms with Gasteiger partial charge in [0.15, 0.2) is 0 Å². The van der Waals surface area contributed by atoms with Crippen LogP contribution in [0.2, 0.25) is 0 Å². The van der Waals surface area contributed by atoms with Gasteiger partial charge in [-0.05, 0) is 52.0 Å². The number of rotatable bonds is 11. The van der Waals surface area contributed by atoms with Crippen molar-refractivity contribution >= 4 is 24.0 Å². The molecule has 2 aliphatic rings. The largest absolute Gasteiger partial charge is 0.460 e. The topological polar surface area (TPSA) is 79.3 Å². The van der Waals surface area contributed by atoms with Crippen LogP contribution in [-0.4, -0.2) is 52.6 Å². The molecule has 0 bridgehead atoms. The van der Waals surface area contributed by atoms with Crippen molar-refractivity contribution in [3.8, 4) is 0 Å². The second kappa shape index (κ2) is 13.6. The van der Waals surface area contributed by atoms with E-state index in [9.17, 15) is 14.4 Å². The Morgan fingerprint density at radius 3 is 2.17 bits per heavy atom. The number of hydrogen-bond acceptors (Lipinski definition) is 5. The van der Waals surface area contributed by atoms with E-state index in [4.69, 9.17) is 4.74 Å². The molecule has 1 atom stereocenters. The molecule has 1 aromatic rings. The van der Waals surface area contributed by atoms with Gasteiger partial charge in [-0.2, -0.15) is 5.10 Å². The van der Waals surface area contributed by atoms with Gasteiger partial charge in [0.05, 0.1) is 6.04 Å². The molecule has 2 aliphatic heterocycles. The van der Waals surface area contributed by atoms with Crippen molar-refractivity contribution in [1.29, 1.82) is 0 Å². The van der Waals surface area contributed by atoms with Crippen LogP contribution in [0, 0.1) is 5.92 Å². The zero-order valence-electron chi connectivity index (χ0n) is 22.3. The molecule has 7 heteroatoms. The van der Waals surface area contributed by atoms with Crippen LogP contribution in [0.15, 0.2) is 35.4 Å². The molecule has 1 fully saturated rings. The predicted octanol–water partition coefficient (Wildman–Crippen LogP) is 5.65. The summed E-state index contributed by atoms with van der Waals surface area (Å²) in [5.41, 5.74) is 0.696. The summed E-state index contributed by atoms with van der Waals surface area (Å²) >= 11 is 0. The Bertz CT molecular complexity index is 886. The molecular formula is C29H43N3O4. The van der Waals surface area contributed by atoms with E-state index in [1.807, 2.05) is 62.2 Å². The Morgan fingerprint density at radius 2 is 1.53 bits per heavy atom. The van der Waals surface area contributed by atoms with Crippen molar-refractivity contribution < 1.29 is 19.1 Å². The highest BCUT2D eigenvalue weighted by Gasteiger charge is 2.35. The number of esters is 1. The molecular weight excluding hydrogens is 454 g/mol. The van der Waals surface area contributed by atoms with Gasteiger partial charge in [0.25, 0.3) is 0 Å². The molecule has 0 saturated carbocycles. The lowest BCUT2D eigenvalue weighted by molar-refractivity contribution is -0.155. The first-order valence-corrected chi connectivity index (χ1v) is 13.6. The molecule has 36 heavy (non-hydrogen) atoms. The summed E-state index contributed by atoms with van der Waals surface area (Å²) in [5.74, 6) is 0.0856. The number of nitrogens with zero attached hydrogens (tertiary/aromatic N) is 3.